The Hall–Kier alpha value is -10.4. The molecular weight excluding hydrogens is 989 g/mol. The standard InChI is InChI=1S/C80H58N2/c1-55-35-37-65(52-74(55)71-32-18-17-27-61(71)38-36-56-21-7-2-8-22-56)72-45-43-63(64-44-46-80-76(51-64)73-33-19-20-34-79(73)82(80)70-30-15-6-16-31-70)50-75(72)78-54-69(53-77(81-78)62-28-13-5-14-29-62)60-41-39-59(40-42-60)68-48-66(57-23-9-3-10-24-57)47-67(49-68)58-25-11-4-12-26-58/h2-35,37,39-54H,36,38H2,1H3. The normalized spacial score (nSPS) is 11.3. The molecule has 0 unspecified atom stereocenters. The summed E-state index contributed by atoms with van der Waals surface area (Å²) in [6, 6.07) is 113. The molecule has 82 heavy (non-hydrogen) atoms. The van der Waals surface area contributed by atoms with Gasteiger partial charge in [-0.15, -0.1) is 0 Å². The first-order chi connectivity index (χ1) is 40.5. The van der Waals surface area contributed by atoms with Gasteiger partial charge in [0.25, 0.3) is 0 Å². The fourth-order valence-corrected chi connectivity index (χ4v) is 12.0. The average molecular weight is 1050 g/mol. The summed E-state index contributed by atoms with van der Waals surface area (Å²) in [6.45, 7) is 2.24. The summed E-state index contributed by atoms with van der Waals surface area (Å²) in [4.78, 5) is 5.65. The molecule has 0 fully saturated rings. The summed E-state index contributed by atoms with van der Waals surface area (Å²) >= 11 is 0. The first kappa shape index (κ1) is 49.9. The predicted octanol–water partition coefficient (Wildman–Crippen LogP) is 21.3. The van der Waals surface area contributed by atoms with Crippen LogP contribution in [0.5, 0.6) is 0 Å². The highest BCUT2D eigenvalue weighted by Gasteiger charge is 2.19. The van der Waals surface area contributed by atoms with Gasteiger partial charge in [0.05, 0.1) is 22.4 Å². The fraction of sp³-hybridized carbons (Fsp3) is 0.0375. The van der Waals surface area contributed by atoms with Crippen LogP contribution in [-0.4, -0.2) is 9.55 Å². The minimum absolute atomic E-state index is 0.910. The van der Waals surface area contributed by atoms with Crippen LogP contribution in [0.15, 0.2) is 309 Å². The van der Waals surface area contributed by atoms with Crippen LogP contribution in [0.3, 0.4) is 0 Å². The molecule has 0 atom stereocenters. The molecule has 0 aliphatic rings. The molecule has 2 heterocycles. The Labute approximate surface area is 480 Å². The second kappa shape index (κ2) is 22.0. The molecule has 0 amide bonds. The first-order valence-electron chi connectivity index (χ1n) is 28.5. The van der Waals surface area contributed by atoms with E-state index >= 15 is 0 Å². The number of aromatic nitrogens is 2. The fourth-order valence-electron chi connectivity index (χ4n) is 12.0. The Balaban J connectivity index is 0.926. The van der Waals surface area contributed by atoms with Gasteiger partial charge in [-0.25, -0.2) is 4.98 Å². The molecule has 0 N–H and O–H groups in total. The third-order valence-corrected chi connectivity index (χ3v) is 16.3. The highest BCUT2D eigenvalue weighted by molar-refractivity contribution is 6.10. The number of benzene rings is 12. The van der Waals surface area contributed by atoms with Crippen LogP contribution in [0, 0.1) is 6.92 Å². The summed E-state index contributed by atoms with van der Waals surface area (Å²) in [5.74, 6) is 0. The van der Waals surface area contributed by atoms with Crippen molar-refractivity contribution in [3.8, 4) is 106 Å². The maximum absolute atomic E-state index is 5.65. The third-order valence-electron chi connectivity index (χ3n) is 16.3. The van der Waals surface area contributed by atoms with Crippen LogP contribution < -0.4 is 0 Å². The number of nitrogens with zero attached hydrogens (tertiary/aromatic N) is 2. The molecule has 388 valence electrons. The Morgan fingerprint density at radius 1 is 0.268 bits per heavy atom. The first-order valence-corrected chi connectivity index (χ1v) is 28.5. The van der Waals surface area contributed by atoms with E-state index < -0.39 is 0 Å². The number of aryl methyl sites for hydroxylation is 3. The van der Waals surface area contributed by atoms with E-state index in [-0.39, 0.29) is 0 Å². The highest BCUT2D eigenvalue weighted by atomic mass is 15.0. The van der Waals surface area contributed by atoms with Crippen molar-refractivity contribution in [2.75, 3.05) is 0 Å². The van der Waals surface area contributed by atoms with Gasteiger partial charge in [0.1, 0.15) is 0 Å². The van der Waals surface area contributed by atoms with Crippen molar-refractivity contribution in [2.45, 2.75) is 19.8 Å². The number of hydrogen-bond donors (Lipinski definition) is 0. The molecule has 0 aliphatic heterocycles. The lowest BCUT2D eigenvalue weighted by Gasteiger charge is -2.18. The quantitative estimate of drug-likeness (QED) is 0.113. The van der Waals surface area contributed by atoms with Crippen LogP contribution in [0.1, 0.15) is 16.7 Å². The largest absolute Gasteiger partial charge is 0.309 e. The number of hydrogen-bond acceptors (Lipinski definition) is 1. The van der Waals surface area contributed by atoms with Gasteiger partial charge in [0.15, 0.2) is 0 Å². The monoisotopic (exact) mass is 1050 g/mol. The Bertz CT molecular complexity index is 4520. The zero-order valence-corrected chi connectivity index (χ0v) is 45.8. The van der Waals surface area contributed by atoms with Gasteiger partial charge in [-0.05, 0) is 187 Å². The summed E-state index contributed by atoms with van der Waals surface area (Å²) in [5, 5.41) is 2.44. The highest BCUT2D eigenvalue weighted by Crippen LogP contribution is 2.43. The van der Waals surface area contributed by atoms with Gasteiger partial charge >= 0.3 is 0 Å². The molecule has 0 saturated heterocycles. The van der Waals surface area contributed by atoms with E-state index in [4.69, 9.17) is 4.98 Å². The molecule has 14 rings (SSSR count). The molecule has 0 radical (unpaired) electrons. The lowest BCUT2D eigenvalue weighted by Crippen LogP contribution is -1.97. The summed E-state index contributed by atoms with van der Waals surface area (Å²) in [5.41, 5.74) is 27.8. The van der Waals surface area contributed by atoms with Crippen LogP contribution in [0.2, 0.25) is 0 Å². The van der Waals surface area contributed by atoms with Crippen molar-refractivity contribution >= 4 is 21.8 Å². The van der Waals surface area contributed by atoms with E-state index in [0.29, 0.717) is 0 Å². The summed E-state index contributed by atoms with van der Waals surface area (Å²) in [7, 11) is 0. The summed E-state index contributed by atoms with van der Waals surface area (Å²) in [6.07, 6.45) is 1.93. The van der Waals surface area contributed by atoms with Crippen molar-refractivity contribution in [3.63, 3.8) is 0 Å². The third kappa shape index (κ3) is 9.93. The Morgan fingerprint density at radius 3 is 1.41 bits per heavy atom. The van der Waals surface area contributed by atoms with Crippen molar-refractivity contribution < 1.29 is 0 Å². The molecule has 14 aromatic rings. The topological polar surface area (TPSA) is 17.8 Å². The molecule has 0 saturated carbocycles. The van der Waals surface area contributed by atoms with Crippen LogP contribution in [0.4, 0.5) is 0 Å². The van der Waals surface area contributed by atoms with E-state index in [1.165, 1.54) is 77.4 Å². The minimum Gasteiger partial charge on any atom is -0.309 e. The zero-order valence-electron chi connectivity index (χ0n) is 45.8. The lowest BCUT2D eigenvalue weighted by atomic mass is 9.87. The number of rotatable bonds is 13. The van der Waals surface area contributed by atoms with Gasteiger partial charge in [0, 0.05) is 27.6 Å². The van der Waals surface area contributed by atoms with Crippen molar-refractivity contribution in [1.29, 1.82) is 0 Å². The van der Waals surface area contributed by atoms with Gasteiger partial charge < -0.3 is 4.57 Å². The predicted molar refractivity (Wildman–Crippen MR) is 346 cm³/mol. The Kier molecular flexibility index (Phi) is 13.4. The molecule has 12 aromatic carbocycles. The minimum atomic E-state index is 0.910. The smallest absolute Gasteiger partial charge is 0.0722 e. The van der Waals surface area contributed by atoms with Gasteiger partial charge in [0.2, 0.25) is 0 Å². The maximum Gasteiger partial charge on any atom is 0.0722 e. The lowest BCUT2D eigenvalue weighted by molar-refractivity contribution is 0.962. The molecular formula is C80H58N2. The molecule has 0 aliphatic carbocycles. The van der Waals surface area contributed by atoms with Gasteiger partial charge in [-0.1, -0.05) is 237 Å². The number of pyridine rings is 1. The number of fused-ring (bicyclic) bond motifs is 3. The Morgan fingerprint density at radius 2 is 0.744 bits per heavy atom. The van der Waals surface area contributed by atoms with Crippen molar-refractivity contribution in [2.24, 2.45) is 0 Å². The van der Waals surface area contributed by atoms with Crippen LogP contribution >= 0.6 is 0 Å². The average Bonchev–Trinajstić information content (AvgIpc) is 3.85. The van der Waals surface area contributed by atoms with Crippen molar-refractivity contribution in [3.05, 3.63) is 326 Å². The molecule has 2 nitrogen and oxygen atoms in total. The molecule has 0 bridgehead atoms. The van der Waals surface area contributed by atoms with Gasteiger partial charge in [-0.3, -0.25) is 0 Å². The molecule has 2 heteroatoms. The second-order valence-electron chi connectivity index (χ2n) is 21.5. The van der Waals surface area contributed by atoms with E-state index in [0.717, 1.165) is 80.0 Å². The second-order valence-corrected chi connectivity index (χ2v) is 21.5. The van der Waals surface area contributed by atoms with E-state index in [2.05, 4.69) is 321 Å². The summed E-state index contributed by atoms with van der Waals surface area (Å²) < 4.78 is 2.38. The van der Waals surface area contributed by atoms with Gasteiger partial charge in [-0.2, -0.15) is 0 Å². The molecule has 2 aromatic heterocycles. The van der Waals surface area contributed by atoms with E-state index in [1.54, 1.807) is 0 Å². The van der Waals surface area contributed by atoms with E-state index in [9.17, 15) is 0 Å². The van der Waals surface area contributed by atoms with Crippen LogP contribution in [-0.2, 0) is 12.8 Å². The molecule has 0 spiro atoms. The van der Waals surface area contributed by atoms with Crippen molar-refractivity contribution in [1.82, 2.24) is 9.55 Å². The maximum atomic E-state index is 5.65. The SMILES string of the molecule is Cc1ccc(-c2ccc(-c3ccc4c(c3)c3ccccc3n4-c3ccccc3)cc2-c2cc(-c3ccc(-c4cc(-c5ccccc5)cc(-c5ccccc5)c4)cc3)cc(-c3ccccc3)n2)cc1-c1ccccc1CCc1ccccc1. The van der Waals surface area contributed by atoms with E-state index in [1.807, 2.05) is 0 Å². The number of para-hydroxylation sites is 2. The zero-order chi connectivity index (χ0) is 54.8. The van der Waals surface area contributed by atoms with Crippen LogP contribution in [0.25, 0.3) is 128 Å².